The molecule has 1 unspecified atom stereocenters. The molecule has 0 spiro atoms. The summed E-state index contributed by atoms with van der Waals surface area (Å²) in [6.07, 6.45) is -1.42. The number of carbonyl (C=O) groups is 1. The first-order chi connectivity index (χ1) is 14.7. The fourth-order valence-electron chi connectivity index (χ4n) is 4.45. The summed E-state index contributed by atoms with van der Waals surface area (Å²) < 4.78 is 41.0. The number of fused-ring (bicyclic) bond motifs is 4. The molecule has 5 rings (SSSR count). The number of halogens is 3. The van der Waals surface area contributed by atoms with E-state index < -0.39 is 11.7 Å². The van der Waals surface area contributed by atoms with Crippen LogP contribution in [-0.2, 0) is 12.6 Å². The van der Waals surface area contributed by atoms with E-state index in [1.54, 1.807) is 30.1 Å². The molecule has 1 aliphatic rings. The predicted octanol–water partition coefficient (Wildman–Crippen LogP) is 4.85. The number of nitrogens with zero attached hydrogens (tertiary/aromatic N) is 3. The minimum atomic E-state index is -4.37. The van der Waals surface area contributed by atoms with Crippen molar-refractivity contribution >= 4 is 28.3 Å². The Hall–Kier alpha value is -3.55. The van der Waals surface area contributed by atoms with Crippen LogP contribution in [0.15, 0.2) is 54.7 Å². The largest absolute Gasteiger partial charge is 0.416 e. The highest BCUT2D eigenvalue weighted by atomic mass is 19.4. The van der Waals surface area contributed by atoms with Crippen molar-refractivity contribution in [3.8, 4) is 0 Å². The van der Waals surface area contributed by atoms with Crippen LogP contribution in [0, 0.1) is 0 Å². The molecule has 0 aliphatic heterocycles. The standard InChI is InChI=1S/C23H19F3N4O/c1-29(18-9-5-13-11-15(23(24,25)26)6-7-16(13)18)22(31)14-4-8-17-20(12-14)30-10-2-3-19(30)21(27)28-17/h2-4,6-8,10-12,18H,5,9H2,1H3,(H2,27,28). The van der Waals surface area contributed by atoms with E-state index >= 15 is 0 Å². The smallest absolute Gasteiger partial charge is 0.382 e. The SMILES string of the molecule is CN(C(=O)c1ccc2nc(N)c3cccn3c2c1)C1CCc2cc(C(F)(F)F)ccc21. The van der Waals surface area contributed by atoms with E-state index in [2.05, 4.69) is 4.98 Å². The monoisotopic (exact) mass is 424 g/mol. The zero-order chi connectivity index (χ0) is 21.9. The molecule has 1 amide bonds. The predicted molar refractivity (Wildman–Crippen MR) is 112 cm³/mol. The third-order valence-corrected chi connectivity index (χ3v) is 6.04. The Balaban J connectivity index is 1.49. The summed E-state index contributed by atoms with van der Waals surface area (Å²) in [5, 5.41) is 0. The average molecular weight is 424 g/mol. The molecule has 2 aromatic heterocycles. The highest BCUT2D eigenvalue weighted by Gasteiger charge is 2.34. The maximum atomic E-state index is 13.2. The number of nitrogens with two attached hydrogens (primary N) is 1. The first-order valence-electron chi connectivity index (χ1n) is 9.87. The molecule has 1 aliphatic carbocycles. The number of amides is 1. The summed E-state index contributed by atoms with van der Waals surface area (Å²) in [4.78, 5) is 19.2. The Labute approximate surface area is 175 Å². The molecule has 2 aromatic carbocycles. The molecule has 1 atom stereocenters. The van der Waals surface area contributed by atoms with Crippen molar-refractivity contribution in [2.24, 2.45) is 0 Å². The lowest BCUT2D eigenvalue weighted by atomic mass is 10.0. The lowest BCUT2D eigenvalue weighted by Crippen LogP contribution is -2.30. The van der Waals surface area contributed by atoms with Crippen LogP contribution in [0.2, 0.25) is 0 Å². The Morgan fingerprint density at radius 1 is 1.16 bits per heavy atom. The molecule has 0 bridgehead atoms. The molecule has 2 heterocycles. The van der Waals surface area contributed by atoms with Crippen molar-refractivity contribution in [3.63, 3.8) is 0 Å². The van der Waals surface area contributed by atoms with Gasteiger partial charge in [-0.15, -0.1) is 0 Å². The number of aromatic nitrogens is 2. The van der Waals surface area contributed by atoms with E-state index in [9.17, 15) is 18.0 Å². The molecule has 31 heavy (non-hydrogen) atoms. The Kier molecular flexibility index (Phi) is 4.22. The molecule has 5 nitrogen and oxygen atoms in total. The zero-order valence-corrected chi connectivity index (χ0v) is 16.6. The Morgan fingerprint density at radius 2 is 1.97 bits per heavy atom. The zero-order valence-electron chi connectivity index (χ0n) is 16.6. The molecule has 158 valence electrons. The molecule has 0 saturated heterocycles. The number of hydrogen-bond donors (Lipinski definition) is 1. The Bertz CT molecular complexity index is 1340. The van der Waals surface area contributed by atoms with E-state index in [4.69, 9.17) is 5.73 Å². The van der Waals surface area contributed by atoms with Gasteiger partial charge in [0.15, 0.2) is 0 Å². The van der Waals surface area contributed by atoms with Gasteiger partial charge in [-0.25, -0.2) is 4.98 Å². The lowest BCUT2D eigenvalue weighted by molar-refractivity contribution is -0.137. The van der Waals surface area contributed by atoms with Crippen LogP contribution in [0.25, 0.3) is 16.6 Å². The highest BCUT2D eigenvalue weighted by molar-refractivity contribution is 5.98. The molecule has 0 fully saturated rings. The molecule has 8 heteroatoms. The lowest BCUT2D eigenvalue weighted by Gasteiger charge is -2.26. The first-order valence-corrected chi connectivity index (χ1v) is 9.87. The minimum Gasteiger partial charge on any atom is -0.382 e. The van der Waals surface area contributed by atoms with E-state index in [1.165, 1.54) is 12.1 Å². The molecular formula is C23H19F3N4O. The number of hydrogen-bond acceptors (Lipinski definition) is 3. The van der Waals surface area contributed by atoms with Crippen LogP contribution in [0.5, 0.6) is 0 Å². The molecular weight excluding hydrogens is 405 g/mol. The third kappa shape index (κ3) is 3.10. The van der Waals surface area contributed by atoms with Gasteiger partial charge in [-0.3, -0.25) is 4.79 Å². The Morgan fingerprint density at radius 3 is 2.74 bits per heavy atom. The maximum absolute atomic E-state index is 13.2. The quantitative estimate of drug-likeness (QED) is 0.501. The van der Waals surface area contributed by atoms with Gasteiger partial charge in [-0.05, 0) is 66.4 Å². The van der Waals surface area contributed by atoms with Crippen molar-refractivity contribution in [2.45, 2.75) is 25.1 Å². The van der Waals surface area contributed by atoms with E-state index in [0.29, 0.717) is 35.3 Å². The van der Waals surface area contributed by atoms with Crippen LogP contribution in [0.1, 0.15) is 39.5 Å². The second kappa shape index (κ2) is 6.73. The van der Waals surface area contributed by atoms with Gasteiger partial charge in [-0.1, -0.05) is 6.07 Å². The van der Waals surface area contributed by atoms with Gasteiger partial charge >= 0.3 is 6.18 Å². The first kappa shape index (κ1) is 19.4. The van der Waals surface area contributed by atoms with E-state index in [1.807, 2.05) is 22.7 Å². The van der Waals surface area contributed by atoms with Crippen molar-refractivity contribution in [3.05, 3.63) is 77.0 Å². The molecule has 2 N–H and O–H groups in total. The molecule has 4 aromatic rings. The summed E-state index contributed by atoms with van der Waals surface area (Å²) in [5.41, 5.74) is 9.44. The second-order valence-electron chi connectivity index (χ2n) is 7.85. The fraction of sp³-hybridized carbons (Fsp3) is 0.217. The van der Waals surface area contributed by atoms with Crippen LogP contribution in [0.4, 0.5) is 19.0 Å². The summed E-state index contributed by atoms with van der Waals surface area (Å²) in [6.45, 7) is 0. The van der Waals surface area contributed by atoms with Gasteiger partial charge in [-0.2, -0.15) is 13.2 Å². The maximum Gasteiger partial charge on any atom is 0.416 e. The van der Waals surface area contributed by atoms with Gasteiger partial charge in [0.05, 0.1) is 28.2 Å². The van der Waals surface area contributed by atoms with Crippen molar-refractivity contribution in [1.82, 2.24) is 14.3 Å². The normalized spacial score (nSPS) is 16.1. The van der Waals surface area contributed by atoms with Gasteiger partial charge in [0.1, 0.15) is 5.82 Å². The molecule has 0 saturated carbocycles. The van der Waals surface area contributed by atoms with Crippen LogP contribution in [0.3, 0.4) is 0 Å². The number of rotatable bonds is 2. The van der Waals surface area contributed by atoms with Gasteiger partial charge in [0.2, 0.25) is 0 Å². The summed E-state index contributed by atoms with van der Waals surface area (Å²) >= 11 is 0. The fourth-order valence-corrected chi connectivity index (χ4v) is 4.45. The van der Waals surface area contributed by atoms with E-state index in [0.717, 1.165) is 22.7 Å². The third-order valence-electron chi connectivity index (χ3n) is 6.04. The van der Waals surface area contributed by atoms with Crippen LogP contribution in [-0.4, -0.2) is 27.2 Å². The molecule has 0 radical (unpaired) electrons. The second-order valence-corrected chi connectivity index (χ2v) is 7.85. The minimum absolute atomic E-state index is 0.197. The summed E-state index contributed by atoms with van der Waals surface area (Å²) in [5.74, 6) is 0.214. The number of carbonyl (C=O) groups excluding carboxylic acids is 1. The summed E-state index contributed by atoms with van der Waals surface area (Å²) in [7, 11) is 1.69. The topological polar surface area (TPSA) is 63.6 Å². The number of alkyl halides is 3. The van der Waals surface area contributed by atoms with Crippen molar-refractivity contribution in [1.29, 1.82) is 0 Å². The van der Waals surface area contributed by atoms with Crippen LogP contribution < -0.4 is 5.73 Å². The van der Waals surface area contributed by atoms with Gasteiger partial charge < -0.3 is 15.0 Å². The van der Waals surface area contributed by atoms with Crippen molar-refractivity contribution in [2.75, 3.05) is 12.8 Å². The highest BCUT2D eigenvalue weighted by Crippen LogP contribution is 2.39. The van der Waals surface area contributed by atoms with Crippen molar-refractivity contribution < 1.29 is 18.0 Å². The number of anilines is 1. The summed E-state index contributed by atoms with van der Waals surface area (Å²) in [6, 6.07) is 12.5. The average Bonchev–Trinajstić information content (AvgIpc) is 3.39. The van der Waals surface area contributed by atoms with Gasteiger partial charge in [0, 0.05) is 18.8 Å². The number of nitrogen functional groups attached to an aromatic ring is 1. The van der Waals surface area contributed by atoms with Crippen LogP contribution >= 0.6 is 0 Å². The van der Waals surface area contributed by atoms with E-state index in [-0.39, 0.29) is 11.9 Å². The number of aryl methyl sites for hydroxylation is 1. The number of benzene rings is 2. The van der Waals surface area contributed by atoms with Gasteiger partial charge in [0.25, 0.3) is 5.91 Å².